The van der Waals surface area contributed by atoms with Crippen LogP contribution in [-0.2, 0) is 11.8 Å². The topological polar surface area (TPSA) is 72.3 Å². The van der Waals surface area contributed by atoms with Crippen LogP contribution in [0.15, 0.2) is 60.8 Å². The van der Waals surface area contributed by atoms with Crippen molar-refractivity contribution >= 4 is 22.6 Å². The zero-order valence-corrected chi connectivity index (χ0v) is 21.1. The molecule has 0 saturated carbocycles. The summed E-state index contributed by atoms with van der Waals surface area (Å²) in [6.45, 7) is 9.31. The van der Waals surface area contributed by atoms with Gasteiger partial charge in [0.2, 0.25) is 0 Å². The third-order valence-electron chi connectivity index (χ3n) is 6.22. The highest BCUT2D eigenvalue weighted by molar-refractivity contribution is 5.85. The van der Waals surface area contributed by atoms with Crippen LogP contribution in [0.2, 0.25) is 0 Å². The standard InChI is InChI=1S/C28H33N5O2/c1-6-33(7-2)28(34)18-35-24-10-8-9-22(15-24)19(3)29-27-17-25(30-20(4)31-27)23-12-11-21-13-14-32(5)26(21)16-23/h8-17,19H,6-7,18H2,1-5H3,(H,29,30,31). The molecule has 0 fully saturated rings. The number of nitrogens with zero attached hydrogens (tertiary/aromatic N) is 4. The van der Waals surface area contributed by atoms with Crippen molar-refractivity contribution in [2.75, 3.05) is 25.0 Å². The molecule has 0 aliphatic heterocycles. The Labute approximate surface area is 206 Å². The van der Waals surface area contributed by atoms with Gasteiger partial charge in [-0.1, -0.05) is 24.3 Å². The van der Waals surface area contributed by atoms with E-state index in [4.69, 9.17) is 4.74 Å². The minimum Gasteiger partial charge on any atom is -0.484 e. The summed E-state index contributed by atoms with van der Waals surface area (Å²) < 4.78 is 7.89. The molecule has 0 radical (unpaired) electrons. The lowest BCUT2D eigenvalue weighted by Crippen LogP contribution is -2.34. The molecule has 0 bridgehead atoms. The van der Waals surface area contributed by atoms with Crippen molar-refractivity contribution in [3.05, 3.63) is 72.2 Å². The van der Waals surface area contributed by atoms with Crippen molar-refractivity contribution in [3.63, 3.8) is 0 Å². The molecule has 0 saturated heterocycles. The van der Waals surface area contributed by atoms with Gasteiger partial charge in [-0.2, -0.15) is 0 Å². The Morgan fingerprint density at radius 1 is 1.09 bits per heavy atom. The Balaban J connectivity index is 1.49. The van der Waals surface area contributed by atoms with E-state index in [1.54, 1.807) is 4.90 Å². The second kappa shape index (κ2) is 10.6. The molecule has 4 aromatic rings. The predicted octanol–water partition coefficient (Wildman–Crippen LogP) is 5.36. The quantitative estimate of drug-likeness (QED) is 0.356. The van der Waals surface area contributed by atoms with Crippen LogP contribution in [0.3, 0.4) is 0 Å². The highest BCUT2D eigenvalue weighted by Gasteiger charge is 2.13. The highest BCUT2D eigenvalue weighted by atomic mass is 16.5. The van der Waals surface area contributed by atoms with E-state index in [2.05, 4.69) is 57.2 Å². The van der Waals surface area contributed by atoms with Crippen LogP contribution in [0.5, 0.6) is 5.75 Å². The number of aryl methyl sites for hydroxylation is 2. The summed E-state index contributed by atoms with van der Waals surface area (Å²) in [5, 5.41) is 4.70. The Morgan fingerprint density at radius 2 is 1.89 bits per heavy atom. The van der Waals surface area contributed by atoms with Crippen molar-refractivity contribution in [3.8, 4) is 17.0 Å². The van der Waals surface area contributed by atoms with Gasteiger partial charge in [0.25, 0.3) is 5.91 Å². The van der Waals surface area contributed by atoms with Gasteiger partial charge in [0, 0.05) is 43.5 Å². The molecule has 2 heterocycles. The monoisotopic (exact) mass is 471 g/mol. The molecule has 2 aromatic carbocycles. The summed E-state index contributed by atoms with van der Waals surface area (Å²) in [7, 11) is 2.05. The minimum atomic E-state index is -0.0189. The summed E-state index contributed by atoms with van der Waals surface area (Å²) in [6.07, 6.45) is 2.06. The smallest absolute Gasteiger partial charge is 0.260 e. The molecule has 4 rings (SSSR count). The van der Waals surface area contributed by atoms with Crippen molar-refractivity contribution in [1.82, 2.24) is 19.4 Å². The molecule has 0 spiro atoms. The first-order valence-electron chi connectivity index (χ1n) is 12.1. The fourth-order valence-electron chi connectivity index (χ4n) is 4.20. The molecular weight excluding hydrogens is 438 g/mol. The normalized spacial score (nSPS) is 11.9. The van der Waals surface area contributed by atoms with Crippen molar-refractivity contribution in [1.29, 1.82) is 0 Å². The number of hydrogen-bond donors (Lipinski definition) is 1. The molecule has 0 aliphatic carbocycles. The molecule has 182 valence electrons. The van der Waals surface area contributed by atoms with Crippen LogP contribution in [0.4, 0.5) is 5.82 Å². The fourth-order valence-corrected chi connectivity index (χ4v) is 4.20. The number of carbonyl (C=O) groups is 1. The molecule has 0 aliphatic rings. The Kier molecular flexibility index (Phi) is 7.34. The first kappa shape index (κ1) is 24.3. The first-order chi connectivity index (χ1) is 16.9. The fraction of sp³-hybridized carbons (Fsp3) is 0.321. The molecule has 1 amide bonds. The van der Waals surface area contributed by atoms with Crippen LogP contribution >= 0.6 is 0 Å². The average Bonchev–Trinajstić information content (AvgIpc) is 3.23. The number of ether oxygens (including phenoxy) is 1. The number of fused-ring (bicyclic) bond motifs is 1. The largest absolute Gasteiger partial charge is 0.484 e. The number of likely N-dealkylation sites (N-methyl/N-ethyl adjacent to an activating group) is 1. The van der Waals surface area contributed by atoms with Crippen LogP contribution in [-0.4, -0.2) is 45.0 Å². The lowest BCUT2D eigenvalue weighted by atomic mass is 10.1. The van der Waals surface area contributed by atoms with E-state index in [0.717, 1.165) is 28.2 Å². The second-order valence-electron chi connectivity index (χ2n) is 8.68. The SMILES string of the molecule is CCN(CC)C(=O)COc1cccc(C(C)Nc2cc(-c3ccc4ccn(C)c4c3)nc(C)n2)c1. The third kappa shape index (κ3) is 5.62. The number of hydrogen-bond acceptors (Lipinski definition) is 5. The van der Waals surface area contributed by atoms with E-state index >= 15 is 0 Å². The van der Waals surface area contributed by atoms with Crippen LogP contribution in [0.1, 0.15) is 38.2 Å². The van der Waals surface area contributed by atoms with E-state index in [9.17, 15) is 4.79 Å². The first-order valence-corrected chi connectivity index (χ1v) is 12.1. The lowest BCUT2D eigenvalue weighted by molar-refractivity contribution is -0.132. The highest BCUT2D eigenvalue weighted by Crippen LogP contribution is 2.27. The summed E-state index contributed by atoms with van der Waals surface area (Å²) in [4.78, 5) is 23.3. The van der Waals surface area contributed by atoms with Gasteiger partial charge >= 0.3 is 0 Å². The summed E-state index contributed by atoms with van der Waals surface area (Å²) in [5.41, 5.74) is 4.13. The molecule has 1 N–H and O–H groups in total. The van der Waals surface area contributed by atoms with Gasteiger partial charge in [0.15, 0.2) is 6.61 Å². The molecule has 2 aromatic heterocycles. The van der Waals surface area contributed by atoms with Gasteiger partial charge in [0.05, 0.1) is 11.7 Å². The van der Waals surface area contributed by atoms with Crippen LogP contribution in [0.25, 0.3) is 22.2 Å². The number of anilines is 1. The molecule has 1 atom stereocenters. The molecule has 35 heavy (non-hydrogen) atoms. The van der Waals surface area contributed by atoms with Crippen LogP contribution in [0, 0.1) is 6.92 Å². The van der Waals surface area contributed by atoms with Gasteiger partial charge in [-0.05, 0) is 62.9 Å². The number of benzene rings is 2. The second-order valence-corrected chi connectivity index (χ2v) is 8.68. The maximum absolute atomic E-state index is 12.3. The van der Waals surface area contributed by atoms with Crippen molar-refractivity contribution in [2.45, 2.75) is 33.7 Å². The molecular formula is C28H33N5O2. The number of amides is 1. The Hall–Kier alpha value is -3.87. The Bertz CT molecular complexity index is 1330. The number of aromatic nitrogens is 3. The van der Waals surface area contributed by atoms with Crippen molar-refractivity contribution in [2.24, 2.45) is 7.05 Å². The van der Waals surface area contributed by atoms with Gasteiger partial charge in [-0.3, -0.25) is 4.79 Å². The molecule has 1 unspecified atom stereocenters. The summed E-state index contributed by atoms with van der Waals surface area (Å²) in [5.74, 6) is 2.13. The predicted molar refractivity (Wildman–Crippen MR) is 141 cm³/mol. The lowest BCUT2D eigenvalue weighted by Gasteiger charge is -2.19. The van der Waals surface area contributed by atoms with Crippen molar-refractivity contribution < 1.29 is 9.53 Å². The number of rotatable bonds is 9. The zero-order chi connectivity index (χ0) is 24.9. The van der Waals surface area contributed by atoms with Gasteiger partial charge < -0.3 is 19.5 Å². The average molecular weight is 472 g/mol. The number of nitrogens with one attached hydrogen (secondary N) is 1. The summed E-state index contributed by atoms with van der Waals surface area (Å²) in [6, 6.07) is 18.3. The van der Waals surface area contributed by atoms with Gasteiger partial charge in [-0.25, -0.2) is 9.97 Å². The van der Waals surface area contributed by atoms with E-state index in [0.29, 0.717) is 24.7 Å². The Morgan fingerprint density at radius 3 is 2.66 bits per heavy atom. The van der Waals surface area contributed by atoms with E-state index in [1.165, 1.54) is 5.39 Å². The maximum Gasteiger partial charge on any atom is 0.260 e. The number of carbonyl (C=O) groups excluding carboxylic acids is 1. The minimum absolute atomic E-state index is 0.0101. The molecule has 7 nitrogen and oxygen atoms in total. The van der Waals surface area contributed by atoms with Gasteiger partial charge in [0.1, 0.15) is 17.4 Å². The third-order valence-corrected chi connectivity index (χ3v) is 6.22. The van der Waals surface area contributed by atoms with Crippen LogP contribution < -0.4 is 10.1 Å². The maximum atomic E-state index is 12.3. The van der Waals surface area contributed by atoms with E-state index in [-0.39, 0.29) is 18.6 Å². The van der Waals surface area contributed by atoms with Gasteiger partial charge in [-0.15, -0.1) is 0 Å². The molecule has 7 heteroatoms. The zero-order valence-electron chi connectivity index (χ0n) is 21.1. The van der Waals surface area contributed by atoms with E-state index in [1.807, 2.05) is 58.2 Å². The van der Waals surface area contributed by atoms with E-state index < -0.39 is 0 Å². The summed E-state index contributed by atoms with van der Waals surface area (Å²) >= 11 is 0.